The third-order valence-corrected chi connectivity index (χ3v) is 0.755. The Labute approximate surface area is 60.3 Å². The molecule has 0 aliphatic carbocycles. The molecule has 6 heteroatoms. The molecule has 0 aromatic rings. The summed E-state index contributed by atoms with van der Waals surface area (Å²) < 4.78 is 3.80. The van der Waals surface area contributed by atoms with Crippen LogP contribution in [0.5, 0.6) is 0 Å². The van der Waals surface area contributed by atoms with Crippen LogP contribution in [0.1, 0.15) is 0 Å². The number of carboxylic acid groups (broad SMARTS) is 1. The van der Waals surface area contributed by atoms with Gasteiger partial charge in [0, 0.05) is 11.6 Å². The number of halogens is 2. The number of carbonyl (C=O) groups excluding carboxylic acids is 1. The lowest BCUT2D eigenvalue weighted by Gasteiger charge is -2.00. The molecule has 0 saturated carbocycles. The normalized spacial score (nSPS) is 12.2. The number of alkyl halides is 1. The molecule has 1 N–H and O–H groups in total. The van der Waals surface area contributed by atoms with E-state index in [2.05, 4.69) is 16.3 Å². The monoisotopic (exact) mass is 172 g/mol. The van der Waals surface area contributed by atoms with Gasteiger partial charge < -0.3 is 9.84 Å². The lowest BCUT2D eigenvalue weighted by Crippen LogP contribution is -2.17. The van der Waals surface area contributed by atoms with Crippen molar-refractivity contribution in [3.8, 4) is 0 Å². The van der Waals surface area contributed by atoms with Gasteiger partial charge >= 0.3 is 11.4 Å². The van der Waals surface area contributed by atoms with E-state index in [1.54, 1.807) is 0 Å². The summed E-state index contributed by atoms with van der Waals surface area (Å²) >= 11 is 9.49. The number of hydrogen-bond acceptors (Lipinski definition) is 3. The number of rotatable bonds is 2. The van der Waals surface area contributed by atoms with Gasteiger partial charge in [-0.25, -0.2) is 9.59 Å². The average molecular weight is 173 g/mol. The summed E-state index contributed by atoms with van der Waals surface area (Å²) in [5.74, 6) is -1.45. The zero-order chi connectivity index (χ0) is 7.44. The van der Waals surface area contributed by atoms with Gasteiger partial charge in [0.25, 0.3) is 5.56 Å². The Balaban J connectivity index is 3.63. The van der Waals surface area contributed by atoms with Crippen LogP contribution in [0, 0.1) is 0 Å². The van der Waals surface area contributed by atoms with Crippen molar-refractivity contribution in [2.24, 2.45) is 0 Å². The van der Waals surface area contributed by atoms with E-state index in [0.29, 0.717) is 0 Å². The number of carbonyl (C=O) groups is 2. The van der Waals surface area contributed by atoms with Gasteiger partial charge in [0.15, 0.2) is 0 Å². The molecule has 0 aliphatic heterocycles. The molecule has 0 aliphatic rings. The molecule has 1 atom stereocenters. The molecule has 4 nitrogen and oxygen atoms in total. The Bertz CT molecular complexity index is 134. The Kier molecular flexibility index (Phi) is 3.34. The van der Waals surface area contributed by atoms with Crippen LogP contribution < -0.4 is 0 Å². The summed E-state index contributed by atoms with van der Waals surface area (Å²) in [7, 11) is 0. The molecule has 52 valence electrons. The van der Waals surface area contributed by atoms with Crippen LogP contribution in [-0.4, -0.2) is 22.1 Å². The minimum absolute atomic E-state index is 1.24. The van der Waals surface area contributed by atoms with Crippen molar-refractivity contribution < 1.29 is 19.4 Å². The highest BCUT2D eigenvalue weighted by molar-refractivity contribution is 6.61. The highest BCUT2D eigenvalue weighted by Crippen LogP contribution is 2.00. The molecule has 0 spiro atoms. The molecular formula is C3H2Cl2O4. The van der Waals surface area contributed by atoms with Crippen LogP contribution >= 0.6 is 23.2 Å². The van der Waals surface area contributed by atoms with Gasteiger partial charge in [-0.2, -0.15) is 0 Å². The Hall–Kier alpha value is -0.480. The molecule has 0 aromatic carbocycles. The minimum Gasteiger partial charge on any atom is -0.478 e. The van der Waals surface area contributed by atoms with Crippen molar-refractivity contribution in [1.82, 2.24) is 0 Å². The van der Waals surface area contributed by atoms with Crippen LogP contribution in [0.3, 0.4) is 0 Å². The smallest absolute Gasteiger partial charge is 0.405 e. The molecule has 1 unspecified atom stereocenters. The number of hydrogen-bond donors (Lipinski definition) is 1. The van der Waals surface area contributed by atoms with E-state index in [4.69, 9.17) is 16.7 Å². The molecule has 0 saturated heterocycles. The topological polar surface area (TPSA) is 63.6 Å². The zero-order valence-corrected chi connectivity index (χ0v) is 5.52. The maximum atomic E-state index is 9.77. The van der Waals surface area contributed by atoms with Gasteiger partial charge in [-0.1, -0.05) is 11.6 Å². The zero-order valence-electron chi connectivity index (χ0n) is 4.01. The standard InChI is InChI=1S/C3H2Cl2O4/c4-1(2(6)7)9-3(5)8/h1H,(H,6,7). The van der Waals surface area contributed by atoms with Crippen LogP contribution in [0.2, 0.25) is 0 Å². The summed E-state index contributed by atoms with van der Waals surface area (Å²) in [6.07, 6.45) is 0. The molecule has 0 heterocycles. The number of aliphatic carboxylic acids is 1. The Morgan fingerprint density at radius 2 is 2.00 bits per heavy atom. The fraction of sp³-hybridized carbons (Fsp3) is 0.333. The molecule has 9 heavy (non-hydrogen) atoms. The SMILES string of the molecule is O=C(Cl)OC(Cl)C(=O)O. The van der Waals surface area contributed by atoms with Gasteiger partial charge in [0.05, 0.1) is 0 Å². The van der Waals surface area contributed by atoms with Crippen LogP contribution in [0.15, 0.2) is 0 Å². The van der Waals surface area contributed by atoms with E-state index in [1.807, 2.05) is 0 Å². The summed E-state index contributed by atoms with van der Waals surface area (Å²) in [6.45, 7) is 0. The highest BCUT2D eigenvalue weighted by Gasteiger charge is 2.16. The third kappa shape index (κ3) is 4.05. The molecule has 0 aromatic heterocycles. The molecule has 0 rings (SSSR count). The average Bonchev–Trinajstić information content (AvgIpc) is 1.63. The van der Waals surface area contributed by atoms with E-state index in [0.717, 1.165) is 0 Å². The molecule has 0 radical (unpaired) electrons. The van der Waals surface area contributed by atoms with E-state index >= 15 is 0 Å². The summed E-state index contributed by atoms with van der Waals surface area (Å²) in [5, 5.41) is 7.96. The van der Waals surface area contributed by atoms with Crippen molar-refractivity contribution in [3.63, 3.8) is 0 Å². The minimum atomic E-state index is -1.70. The number of ether oxygens (including phenoxy) is 1. The van der Waals surface area contributed by atoms with E-state index in [-0.39, 0.29) is 0 Å². The highest BCUT2D eigenvalue weighted by atomic mass is 35.5. The summed E-state index contributed by atoms with van der Waals surface area (Å²) in [4.78, 5) is 19.5. The second kappa shape index (κ2) is 3.53. The molecule has 0 fully saturated rings. The quantitative estimate of drug-likeness (QED) is 0.499. The fourth-order valence-electron chi connectivity index (χ4n) is 0.132. The van der Waals surface area contributed by atoms with Crippen molar-refractivity contribution >= 4 is 34.6 Å². The Morgan fingerprint density at radius 1 is 1.56 bits per heavy atom. The van der Waals surface area contributed by atoms with Crippen LogP contribution in [0.25, 0.3) is 0 Å². The molecular weight excluding hydrogens is 171 g/mol. The van der Waals surface area contributed by atoms with Gasteiger partial charge in [-0.05, 0) is 0 Å². The van der Waals surface area contributed by atoms with Gasteiger partial charge in [-0.15, -0.1) is 0 Å². The van der Waals surface area contributed by atoms with Gasteiger partial charge in [0.1, 0.15) is 0 Å². The van der Waals surface area contributed by atoms with E-state index in [1.165, 1.54) is 0 Å². The predicted molar refractivity (Wildman–Crippen MR) is 29.6 cm³/mol. The number of carboxylic acids is 1. The largest absolute Gasteiger partial charge is 0.478 e. The molecule has 0 amide bonds. The van der Waals surface area contributed by atoms with E-state index < -0.39 is 17.0 Å². The first kappa shape index (κ1) is 8.52. The van der Waals surface area contributed by atoms with Crippen molar-refractivity contribution in [2.45, 2.75) is 5.56 Å². The van der Waals surface area contributed by atoms with Crippen molar-refractivity contribution in [2.75, 3.05) is 0 Å². The van der Waals surface area contributed by atoms with Crippen molar-refractivity contribution in [3.05, 3.63) is 0 Å². The van der Waals surface area contributed by atoms with Crippen molar-refractivity contribution in [1.29, 1.82) is 0 Å². The summed E-state index contributed by atoms with van der Waals surface area (Å²) in [6, 6.07) is 0. The summed E-state index contributed by atoms with van der Waals surface area (Å²) in [5.41, 5.74) is -2.94. The molecule has 0 bridgehead atoms. The lowest BCUT2D eigenvalue weighted by atomic mass is 10.7. The second-order valence-corrected chi connectivity index (χ2v) is 1.71. The Morgan fingerprint density at radius 3 is 2.11 bits per heavy atom. The first-order valence-corrected chi connectivity index (χ1v) is 2.58. The van der Waals surface area contributed by atoms with Gasteiger partial charge in [-0.3, -0.25) is 0 Å². The van der Waals surface area contributed by atoms with E-state index in [9.17, 15) is 9.59 Å². The third-order valence-electron chi connectivity index (χ3n) is 0.390. The maximum absolute atomic E-state index is 9.77. The fourth-order valence-corrected chi connectivity index (χ4v) is 0.347. The first-order valence-electron chi connectivity index (χ1n) is 1.77. The van der Waals surface area contributed by atoms with Gasteiger partial charge in [0.2, 0.25) is 0 Å². The second-order valence-electron chi connectivity index (χ2n) is 1.01. The predicted octanol–water partition coefficient (Wildman–Crippen LogP) is 1.01. The van der Waals surface area contributed by atoms with Crippen LogP contribution in [-0.2, 0) is 9.53 Å². The lowest BCUT2D eigenvalue weighted by molar-refractivity contribution is -0.142. The first-order chi connectivity index (χ1) is 4.04. The van der Waals surface area contributed by atoms with Crippen LogP contribution in [0.4, 0.5) is 4.79 Å². The maximum Gasteiger partial charge on any atom is 0.405 e.